The number of aryl methyl sites for hydroxylation is 1. The number of aliphatic carboxylic acids is 1. The summed E-state index contributed by atoms with van der Waals surface area (Å²) in [7, 11) is 0. The number of amides is 1. The van der Waals surface area contributed by atoms with E-state index in [-0.39, 0.29) is 0 Å². The van der Waals surface area contributed by atoms with Crippen molar-refractivity contribution >= 4 is 45.0 Å². The van der Waals surface area contributed by atoms with E-state index < -0.39 is 17.9 Å². The third-order valence-corrected chi connectivity index (χ3v) is 5.54. The van der Waals surface area contributed by atoms with Crippen LogP contribution in [0.25, 0.3) is 10.2 Å². The van der Waals surface area contributed by atoms with Gasteiger partial charge in [-0.1, -0.05) is 48.1 Å². The first kappa shape index (κ1) is 18.4. The Balaban J connectivity index is 2.26. The van der Waals surface area contributed by atoms with E-state index >= 15 is 0 Å². The number of nitrogens with zero attached hydrogens (tertiary/aromatic N) is 2. The van der Waals surface area contributed by atoms with Crippen LogP contribution in [0.2, 0.25) is 5.02 Å². The number of carbonyl (C=O) groups is 2. The molecule has 2 aromatic carbocycles. The topological polar surface area (TPSA) is 71.7 Å². The lowest BCUT2D eigenvalue weighted by Crippen LogP contribution is -2.27. The fourth-order valence-corrected chi connectivity index (χ4v) is 4.15. The van der Waals surface area contributed by atoms with E-state index in [1.807, 2.05) is 25.1 Å². The maximum Gasteiger partial charge on any atom is 0.326 e. The second kappa shape index (κ2) is 7.43. The summed E-state index contributed by atoms with van der Waals surface area (Å²) in [6, 6.07) is 11.4. The van der Waals surface area contributed by atoms with Crippen molar-refractivity contribution < 1.29 is 14.7 Å². The van der Waals surface area contributed by atoms with Gasteiger partial charge in [-0.2, -0.15) is 4.99 Å². The third kappa shape index (κ3) is 3.43. The van der Waals surface area contributed by atoms with E-state index in [1.54, 1.807) is 35.8 Å². The van der Waals surface area contributed by atoms with Gasteiger partial charge in [-0.25, -0.2) is 4.79 Å². The van der Waals surface area contributed by atoms with Gasteiger partial charge < -0.3 is 9.67 Å². The van der Waals surface area contributed by atoms with Crippen molar-refractivity contribution in [3.63, 3.8) is 0 Å². The third-order valence-electron chi connectivity index (χ3n) is 4.10. The first-order valence-corrected chi connectivity index (χ1v) is 9.30. The Morgan fingerprint density at radius 1 is 1.27 bits per heavy atom. The molecule has 0 radical (unpaired) electrons. The Labute approximate surface area is 159 Å². The van der Waals surface area contributed by atoms with Crippen LogP contribution in [-0.2, 0) is 4.79 Å². The quantitative estimate of drug-likeness (QED) is 0.718. The molecule has 3 rings (SSSR count). The van der Waals surface area contributed by atoms with E-state index in [2.05, 4.69) is 4.99 Å². The Morgan fingerprint density at radius 3 is 2.65 bits per heavy atom. The van der Waals surface area contributed by atoms with Gasteiger partial charge in [0.05, 0.1) is 10.2 Å². The first-order chi connectivity index (χ1) is 12.4. The average Bonchev–Trinajstić information content (AvgIpc) is 2.95. The SMILES string of the molecule is CCC(C(=O)O)n1c(=NC(=O)c2cccc(Cl)c2)sc2c(C)cccc21. The molecular formula is C19H17ClN2O3S. The number of carbonyl (C=O) groups excluding carboxylic acids is 1. The molecule has 0 spiro atoms. The van der Waals surface area contributed by atoms with Crippen LogP contribution < -0.4 is 4.80 Å². The van der Waals surface area contributed by atoms with Crippen molar-refractivity contribution in [2.24, 2.45) is 4.99 Å². The van der Waals surface area contributed by atoms with Crippen LogP contribution in [0.15, 0.2) is 47.5 Å². The summed E-state index contributed by atoms with van der Waals surface area (Å²) in [4.78, 5) is 28.9. The lowest BCUT2D eigenvalue weighted by molar-refractivity contribution is -0.140. The molecule has 0 aliphatic rings. The van der Waals surface area contributed by atoms with Crippen molar-refractivity contribution in [2.45, 2.75) is 26.3 Å². The van der Waals surface area contributed by atoms with Gasteiger partial charge in [0.1, 0.15) is 6.04 Å². The molecule has 1 aromatic heterocycles. The predicted molar refractivity (Wildman–Crippen MR) is 103 cm³/mol. The largest absolute Gasteiger partial charge is 0.480 e. The number of thiazole rings is 1. The zero-order valence-corrected chi connectivity index (χ0v) is 15.8. The molecule has 1 N–H and O–H groups in total. The maximum absolute atomic E-state index is 12.6. The van der Waals surface area contributed by atoms with Crippen molar-refractivity contribution in [2.75, 3.05) is 0 Å². The molecule has 3 aromatic rings. The molecule has 0 bridgehead atoms. The van der Waals surface area contributed by atoms with Gasteiger partial charge in [0.15, 0.2) is 4.80 Å². The molecule has 134 valence electrons. The van der Waals surface area contributed by atoms with Crippen LogP contribution in [0.4, 0.5) is 0 Å². The Hall–Kier alpha value is -2.44. The molecule has 26 heavy (non-hydrogen) atoms. The molecule has 0 saturated carbocycles. The number of benzene rings is 2. The summed E-state index contributed by atoms with van der Waals surface area (Å²) < 4.78 is 2.56. The van der Waals surface area contributed by atoms with Crippen LogP contribution in [0.3, 0.4) is 0 Å². The van der Waals surface area contributed by atoms with Crippen LogP contribution in [0.1, 0.15) is 35.3 Å². The zero-order valence-electron chi connectivity index (χ0n) is 14.3. The number of rotatable bonds is 4. The summed E-state index contributed by atoms with van der Waals surface area (Å²) in [5, 5.41) is 10.1. The maximum atomic E-state index is 12.6. The predicted octanol–water partition coefficient (Wildman–Crippen LogP) is 4.44. The smallest absolute Gasteiger partial charge is 0.326 e. The summed E-state index contributed by atoms with van der Waals surface area (Å²) in [5.41, 5.74) is 2.14. The molecule has 0 aliphatic carbocycles. The molecule has 0 fully saturated rings. The van der Waals surface area contributed by atoms with E-state index in [1.165, 1.54) is 11.3 Å². The molecule has 1 heterocycles. The van der Waals surface area contributed by atoms with Gasteiger partial charge in [0.2, 0.25) is 0 Å². The molecule has 0 saturated heterocycles. The lowest BCUT2D eigenvalue weighted by Gasteiger charge is -2.13. The number of fused-ring (bicyclic) bond motifs is 1. The minimum absolute atomic E-state index is 0.363. The number of hydrogen-bond acceptors (Lipinski definition) is 3. The molecular weight excluding hydrogens is 372 g/mol. The average molecular weight is 389 g/mol. The first-order valence-electron chi connectivity index (χ1n) is 8.10. The number of hydrogen-bond donors (Lipinski definition) is 1. The second-order valence-corrected chi connectivity index (χ2v) is 7.28. The summed E-state index contributed by atoms with van der Waals surface area (Å²) in [6.07, 6.45) is 0.383. The van der Waals surface area contributed by atoms with E-state index in [0.29, 0.717) is 21.8 Å². The highest BCUT2D eigenvalue weighted by Gasteiger charge is 2.22. The fraction of sp³-hybridized carbons (Fsp3) is 0.211. The Kier molecular flexibility index (Phi) is 5.25. The van der Waals surface area contributed by atoms with Gasteiger partial charge in [-0.15, -0.1) is 0 Å². The highest BCUT2D eigenvalue weighted by molar-refractivity contribution is 7.16. The van der Waals surface area contributed by atoms with Gasteiger partial charge in [0.25, 0.3) is 5.91 Å². The van der Waals surface area contributed by atoms with E-state index in [0.717, 1.165) is 15.8 Å². The number of aromatic nitrogens is 1. The normalized spacial score (nSPS) is 13.1. The number of carboxylic acids is 1. The molecule has 7 heteroatoms. The fourth-order valence-electron chi connectivity index (χ4n) is 2.82. The Morgan fingerprint density at radius 2 is 2.00 bits per heavy atom. The van der Waals surface area contributed by atoms with Crippen LogP contribution in [-0.4, -0.2) is 21.6 Å². The lowest BCUT2D eigenvalue weighted by atomic mass is 10.2. The summed E-state index contributed by atoms with van der Waals surface area (Å²) in [6.45, 7) is 3.75. The van der Waals surface area contributed by atoms with Crippen molar-refractivity contribution in [3.8, 4) is 0 Å². The van der Waals surface area contributed by atoms with Gasteiger partial charge in [-0.05, 0) is 43.2 Å². The monoisotopic (exact) mass is 388 g/mol. The molecule has 1 atom stereocenters. The van der Waals surface area contributed by atoms with Crippen LogP contribution >= 0.6 is 22.9 Å². The second-order valence-electron chi connectivity index (χ2n) is 5.87. The van der Waals surface area contributed by atoms with Crippen LogP contribution in [0.5, 0.6) is 0 Å². The number of halogens is 1. The van der Waals surface area contributed by atoms with Gasteiger partial charge in [0, 0.05) is 10.6 Å². The molecule has 0 aliphatic heterocycles. The summed E-state index contributed by atoms with van der Waals surface area (Å²) >= 11 is 7.27. The highest BCUT2D eigenvalue weighted by Crippen LogP contribution is 2.25. The minimum Gasteiger partial charge on any atom is -0.480 e. The minimum atomic E-state index is -0.953. The molecule has 1 amide bonds. The van der Waals surface area contributed by atoms with Gasteiger partial charge >= 0.3 is 5.97 Å². The molecule has 1 unspecified atom stereocenters. The van der Waals surface area contributed by atoms with Crippen molar-refractivity contribution in [1.29, 1.82) is 0 Å². The Bertz CT molecular complexity index is 1070. The zero-order chi connectivity index (χ0) is 18.8. The van der Waals surface area contributed by atoms with E-state index in [4.69, 9.17) is 11.6 Å². The number of carboxylic acid groups (broad SMARTS) is 1. The van der Waals surface area contributed by atoms with E-state index in [9.17, 15) is 14.7 Å². The van der Waals surface area contributed by atoms with Crippen LogP contribution in [0, 0.1) is 6.92 Å². The summed E-state index contributed by atoms with van der Waals surface area (Å²) in [5.74, 6) is -1.41. The van der Waals surface area contributed by atoms with Crippen molar-refractivity contribution in [3.05, 3.63) is 63.4 Å². The standard InChI is InChI=1S/C19H17ClN2O3S/c1-3-14(18(24)25)22-15-9-4-6-11(2)16(15)26-19(22)21-17(23)12-7-5-8-13(20)10-12/h4-10,14H,3H2,1-2H3,(H,24,25). The van der Waals surface area contributed by atoms with Gasteiger partial charge in [-0.3, -0.25) is 4.79 Å². The molecule has 5 nitrogen and oxygen atoms in total. The van der Waals surface area contributed by atoms with Crippen molar-refractivity contribution in [1.82, 2.24) is 4.57 Å². The highest BCUT2D eigenvalue weighted by atomic mass is 35.5.